The van der Waals surface area contributed by atoms with Crippen molar-refractivity contribution < 1.29 is 19.6 Å². The fraction of sp³-hybridized carbons (Fsp3) is 0.393. The number of fused-ring (bicyclic) bond motifs is 1. The maximum absolute atomic E-state index is 12.8. The summed E-state index contributed by atoms with van der Waals surface area (Å²) in [6.07, 6.45) is 2.70. The quantitative estimate of drug-likeness (QED) is 0.260. The summed E-state index contributed by atoms with van der Waals surface area (Å²) >= 11 is 0. The molecule has 0 saturated carbocycles. The van der Waals surface area contributed by atoms with E-state index >= 15 is 0 Å². The number of amides is 2. The van der Waals surface area contributed by atoms with Gasteiger partial charge in [-0.3, -0.25) is 14.5 Å². The Morgan fingerprint density at radius 3 is 2.49 bits per heavy atom. The number of carbonyl (C=O) groups is 2. The van der Waals surface area contributed by atoms with Crippen molar-refractivity contribution in [1.82, 2.24) is 15.1 Å². The molecule has 0 radical (unpaired) electrons. The molecule has 1 atom stereocenters. The highest BCUT2D eigenvalue weighted by Gasteiger charge is 2.27. The van der Waals surface area contributed by atoms with Crippen molar-refractivity contribution >= 4 is 25.0 Å². The van der Waals surface area contributed by atoms with Crippen LogP contribution < -0.4 is 5.32 Å². The fourth-order valence-electron chi connectivity index (χ4n) is 4.51. The molecular formula is C28H35BN4O4. The maximum Gasteiger partial charge on any atom is 0.475 e. The topological polar surface area (TPSA) is 117 Å². The number of nitrogens with zero attached hydrogens (tertiary/aromatic N) is 3. The third kappa shape index (κ3) is 7.77. The van der Waals surface area contributed by atoms with E-state index in [-0.39, 0.29) is 23.9 Å². The number of hydrogen-bond donors (Lipinski definition) is 3. The third-order valence-corrected chi connectivity index (χ3v) is 6.68. The number of benzene rings is 2. The molecule has 0 saturated heterocycles. The van der Waals surface area contributed by atoms with Crippen LogP contribution in [-0.2, 0) is 29.0 Å². The lowest BCUT2D eigenvalue weighted by Gasteiger charge is -2.29. The van der Waals surface area contributed by atoms with Crippen LogP contribution in [0.25, 0.3) is 6.08 Å². The van der Waals surface area contributed by atoms with Gasteiger partial charge in [0, 0.05) is 26.2 Å². The summed E-state index contributed by atoms with van der Waals surface area (Å²) < 4.78 is 0. The number of rotatable bonds is 10. The Morgan fingerprint density at radius 1 is 1.16 bits per heavy atom. The normalized spacial score (nSPS) is 14.3. The summed E-state index contributed by atoms with van der Waals surface area (Å²) in [7, 11) is -1.67. The van der Waals surface area contributed by atoms with Crippen LogP contribution in [0.2, 0.25) is 0 Å². The van der Waals surface area contributed by atoms with Crippen LogP contribution in [0.15, 0.2) is 48.0 Å². The summed E-state index contributed by atoms with van der Waals surface area (Å²) in [6.45, 7) is 8.18. The summed E-state index contributed by atoms with van der Waals surface area (Å²) in [4.78, 5) is 29.0. The minimum absolute atomic E-state index is 0.0953. The summed E-state index contributed by atoms with van der Waals surface area (Å²) in [5.41, 5.74) is 5.09. The van der Waals surface area contributed by atoms with E-state index in [1.54, 1.807) is 11.0 Å². The van der Waals surface area contributed by atoms with E-state index in [9.17, 15) is 24.9 Å². The molecule has 9 heteroatoms. The zero-order valence-electron chi connectivity index (χ0n) is 21.8. The van der Waals surface area contributed by atoms with E-state index in [4.69, 9.17) is 0 Å². The molecule has 194 valence electrons. The van der Waals surface area contributed by atoms with Gasteiger partial charge in [0.25, 0.3) is 5.91 Å². The first-order valence-corrected chi connectivity index (χ1v) is 12.7. The molecule has 0 spiro atoms. The lowest BCUT2D eigenvalue weighted by atomic mass is 9.76. The highest BCUT2D eigenvalue weighted by Crippen LogP contribution is 2.22. The number of aryl methyl sites for hydroxylation is 1. The van der Waals surface area contributed by atoms with Gasteiger partial charge in [-0.2, -0.15) is 5.26 Å². The zero-order valence-corrected chi connectivity index (χ0v) is 21.8. The van der Waals surface area contributed by atoms with E-state index in [1.165, 1.54) is 5.56 Å². The predicted octanol–water partition coefficient (Wildman–Crippen LogP) is 1.87. The molecule has 37 heavy (non-hydrogen) atoms. The van der Waals surface area contributed by atoms with Gasteiger partial charge in [0.15, 0.2) is 0 Å². The Labute approximate surface area is 219 Å². The van der Waals surface area contributed by atoms with Crippen molar-refractivity contribution in [2.24, 2.45) is 0 Å². The van der Waals surface area contributed by atoms with Crippen LogP contribution in [-0.4, -0.2) is 70.9 Å². The predicted molar refractivity (Wildman–Crippen MR) is 144 cm³/mol. The molecule has 0 aromatic heterocycles. The molecule has 2 aromatic carbocycles. The minimum atomic E-state index is -1.67. The molecule has 2 aromatic rings. The van der Waals surface area contributed by atoms with Crippen LogP contribution >= 0.6 is 0 Å². The average molecular weight is 502 g/mol. The van der Waals surface area contributed by atoms with Crippen LogP contribution in [0.4, 0.5) is 0 Å². The lowest BCUT2D eigenvalue weighted by molar-refractivity contribution is -0.126. The van der Waals surface area contributed by atoms with Gasteiger partial charge in [-0.1, -0.05) is 48.0 Å². The summed E-state index contributed by atoms with van der Waals surface area (Å²) in [5.74, 6) is -1.37. The van der Waals surface area contributed by atoms with Gasteiger partial charge in [-0.25, -0.2) is 0 Å². The molecular weight excluding hydrogens is 467 g/mol. The molecule has 0 aliphatic carbocycles. The molecule has 1 aliphatic heterocycles. The Hall–Kier alpha value is -3.45. The van der Waals surface area contributed by atoms with Gasteiger partial charge < -0.3 is 20.3 Å². The largest absolute Gasteiger partial charge is 0.475 e. The van der Waals surface area contributed by atoms with Crippen molar-refractivity contribution in [3.8, 4) is 6.07 Å². The maximum atomic E-state index is 12.8. The Balaban J connectivity index is 1.65. The van der Waals surface area contributed by atoms with Crippen molar-refractivity contribution in [1.29, 1.82) is 5.26 Å². The summed E-state index contributed by atoms with van der Waals surface area (Å²) in [6, 6.07) is 15.6. The number of nitrogens with one attached hydrogen (secondary N) is 1. The smallest absolute Gasteiger partial charge is 0.426 e. The van der Waals surface area contributed by atoms with Gasteiger partial charge in [0.2, 0.25) is 5.91 Å². The lowest BCUT2D eigenvalue weighted by Crippen LogP contribution is -2.51. The van der Waals surface area contributed by atoms with Crippen LogP contribution in [0.1, 0.15) is 41.7 Å². The first-order chi connectivity index (χ1) is 17.7. The molecule has 1 aliphatic rings. The molecule has 0 fully saturated rings. The fourth-order valence-corrected chi connectivity index (χ4v) is 4.51. The SMILES string of the molecule is CCN(CC)C(=O)C(C#N)=Cc1ccc2c(c1)CN(CC(=O)N[C@@H](Cc1ccc(C)cc1)B(O)O)CC2. The average Bonchev–Trinajstić information content (AvgIpc) is 2.88. The van der Waals surface area contributed by atoms with Crippen molar-refractivity contribution in [2.45, 2.75) is 46.1 Å². The van der Waals surface area contributed by atoms with Gasteiger partial charge in [-0.05, 0) is 61.9 Å². The minimum Gasteiger partial charge on any atom is -0.426 e. The summed E-state index contributed by atoms with van der Waals surface area (Å²) in [5, 5.41) is 31.9. The molecule has 0 bridgehead atoms. The molecule has 8 nitrogen and oxygen atoms in total. The highest BCUT2D eigenvalue weighted by molar-refractivity contribution is 6.43. The van der Waals surface area contributed by atoms with Gasteiger partial charge in [-0.15, -0.1) is 0 Å². The number of nitriles is 1. The number of hydrogen-bond acceptors (Lipinski definition) is 6. The van der Waals surface area contributed by atoms with Crippen molar-refractivity contribution in [3.05, 3.63) is 75.9 Å². The second-order valence-corrected chi connectivity index (χ2v) is 9.41. The Bertz CT molecular complexity index is 1170. The van der Waals surface area contributed by atoms with Gasteiger partial charge in [0.1, 0.15) is 11.6 Å². The zero-order chi connectivity index (χ0) is 26.9. The van der Waals surface area contributed by atoms with E-state index < -0.39 is 13.1 Å². The van der Waals surface area contributed by atoms with E-state index in [2.05, 4.69) is 5.32 Å². The Kier molecular flexibility index (Phi) is 10.0. The molecule has 2 amide bonds. The van der Waals surface area contributed by atoms with E-state index in [0.717, 1.165) is 28.7 Å². The van der Waals surface area contributed by atoms with Gasteiger partial charge in [0.05, 0.1) is 12.5 Å². The van der Waals surface area contributed by atoms with Crippen LogP contribution in [0, 0.1) is 18.3 Å². The van der Waals surface area contributed by atoms with E-state index in [0.29, 0.717) is 32.6 Å². The number of likely N-dealkylation sites (N-methyl/N-ethyl adjacent to an activating group) is 1. The molecule has 3 N–H and O–H groups in total. The van der Waals surface area contributed by atoms with Crippen LogP contribution in [0.5, 0.6) is 0 Å². The number of carbonyl (C=O) groups excluding carboxylic acids is 2. The first-order valence-electron chi connectivity index (χ1n) is 12.7. The standard InChI is InChI=1S/C28H35BN4O4/c1-4-33(5-2)28(35)24(17-30)14-22-10-11-23-12-13-32(18-25(23)15-22)19-27(34)31-26(29(36)37)16-21-8-6-20(3)7-9-21/h6-11,14-15,26,36-37H,4-5,12-13,16,18-19H2,1-3H3,(H,31,34)/t26-/m0/s1. The third-order valence-electron chi connectivity index (χ3n) is 6.68. The molecule has 0 unspecified atom stereocenters. The molecule has 3 rings (SSSR count). The van der Waals surface area contributed by atoms with Crippen molar-refractivity contribution in [3.63, 3.8) is 0 Å². The van der Waals surface area contributed by atoms with E-state index in [1.807, 2.05) is 74.2 Å². The second kappa shape index (κ2) is 13.2. The monoisotopic (exact) mass is 502 g/mol. The van der Waals surface area contributed by atoms with Gasteiger partial charge >= 0.3 is 7.12 Å². The Morgan fingerprint density at radius 2 is 1.86 bits per heavy atom. The molecule has 1 heterocycles. The highest BCUT2D eigenvalue weighted by atomic mass is 16.4. The first kappa shape index (κ1) is 28.1. The van der Waals surface area contributed by atoms with Crippen LogP contribution in [0.3, 0.4) is 0 Å². The van der Waals surface area contributed by atoms with Crippen molar-refractivity contribution in [2.75, 3.05) is 26.2 Å². The second-order valence-electron chi connectivity index (χ2n) is 9.41.